The molecule has 23 heavy (non-hydrogen) atoms. The van der Waals surface area contributed by atoms with Gasteiger partial charge in [-0.15, -0.1) is 0 Å². The maximum Gasteiger partial charge on any atom is 0.251 e. The minimum absolute atomic E-state index is 0.0111. The molecule has 2 rings (SSSR count). The average molecular weight is 311 g/mol. The van der Waals surface area contributed by atoms with Crippen molar-refractivity contribution in [2.24, 2.45) is 5.73 Å². The lowest BCUT2D eigenvalue weighted by Crippen LogP contribution is -2.32. The molecule has 2 aromatic carbocycles. The van der Waals surface area contributed by atoms with E-state index in [-0.39, 0.29) is 18.4 Å². The molecule has 0 aromatic heterocycles. The van der Waals surface area contributed by atoms with E-state index in [1.165, 1.54) is 0 Å². The van der Waals surface area contributed by atoms with Crippen molar-refractivity contribution in [1.29, 1.82) is 0 Å². The summed E-state index contributed by atoms with van der Waals surface area (Å²) in [6, 6.07) is 15.4. The van der Waals surface area contributed by atoms with Gasteiger partial charge in [-0.3, -0.25) is 9.59 Å². The minimum Gasteiger partial charge on any atom is -0.355 e. The first-order valence-electron chi connectivity index (χ1n) is 7.40. The first-order chi connectivity index (χ1) is 11.0. The third-order valence-electron chi connectivity index (χ3n) is 3.65. The van der Waals surface area contributed by atoms with E-state index in [4.69, 9.17) is 5.73 Å². The first kappa shape index (κ1) is 16.7. The Kier molecular flexibility index (Phi) is 5.49. The minimum atomic E-state index is -0.104. The predicted molar refractivity (Wildman–Crippen MR) is 90.8 cm³/mol. The van der Waals surface area contributed by atoms with Gasteiger partial charge in [-0.1, -0.05) is 30.3 Å². The first-order valence-corrected chi connectivity index (χ1v) is 7.40. The molecule has 0 fully saturated rings. The van der Waals surface area contributed by atoms with E-state index >= 15 is 0 Å². The van der Waals surface area contributed by atoms with E-state index in [0.29, 0.717) is 12.1 Å². The second-order valence-electron chi connectivity index (χ2n) is 5.31. The van der Waals surface area contributed by atoms with Crippen LogP contribution < -0.4 is 11.1 Å². The summed E-state index contributed by atoms with van der Waals surface area (Å²) in [6.45, 7) is 0.525. The third kappa shape index (κ3) is 4.17. The fraction of sp³-hybridized carbons (Fsp3) is 0.222. The molecule has 0 bridgehead atoms. The van der Waals surface area contributed by atoms with Gasteiger partial charge in [0.2, 0.25) is 5.91 Å². The average Bonchev–Trinajstić information content (AvgIpc) is 2.60. The van der Waals surface area contributed by atoms with Crippen molar-refractivity contribution in [3.05, 3.63) is 59.7 Å². The van der Waals surface area contributed by atoms with Crippen molar-refractivity contribution in [1.82, 2.24) is 10.2 Å². The summed E-state index contributed by atoms with van der Waals surface area (Å²) in [5, 5.41) is 2.60. The molecule has 0 atom stereocenters. The van der Waals surface area contributed by atoms with Gasteiger partial charge in [0.25, 0.3) is 5.91 Å². The van der Waals surface area contributed by atoms with Crippen LogP contribution in [0.4, 0.5) is 0 Å². The Bertz CT molecular complexity index is 696. The molecule has 0 heterocycles. The highest BCUT2D eigenvalue weighted by Gasteiger charge is 2.08. The molecule has 0 aliphatic carbocycles. The highest BCUT2D eigenvalue weighted by Crippen LogP contribution is 2.21. The molecular formula is C18H21N3O2. The van der Waals surface area contributed by atoms with Gasteiger partial charge in [0.15, 0.2) is 0 Å². The SMILES string of the molecule is CNC(=O)c1ccc(-c2cccc(CN(C)C(=O)CN)c2)cc1. The summed E-state index contributed by atoms with van der Waals surface area (Å²) in [5.41, 5.74) is 9.09. The fourth-order valence-corrected chi connectivity index (χ4v) is 2.33. The fourth-order valence-electron chi connectivity index (χ4n) is 2.33. The zero-order valence-corrected chi connectivity index (χ0v) is 13.4. The van der Waals surface area contributed by atoms with Crippen LogP contribution in [0.1, 0.15) is 15.9 Å². The molecule has 5 nitrogen and oxygen atoms in total. The van der Waals surface area contributed by atoms with E-state index in [0.717, 1.165) is 16.7 Å². The second-order valence-corrected chi connectivity index (χ2v) is 5.31. The van der Waals surface area contributed by atoms with Crippen LogP contribution in [0.5, 0.6) is 0 Å². The largest absolute Gasteiger partial charge is 0.355 e. The zero-order valence-electron chi connectivity index (χ0n) is 13.4. The Hall–Kier alpha value is -2.66. The lowest BCUT2D eigenvalue weighted by atomic mass is 10.0. The molecule has 0 radical (unpaired) electrons. The summed E-state index contributed by atoms with van der Waals surface area (Å²) >= 11 is 0. The molecular weight excluding hydrogens is 290 g/mol. The molecule has 0 unspecified atom stereocenters. The van der Waals surface area contributed by atoms with Crippen LogP contribution in [-0.2, 0) is 11.3 Å². The van der Waals surface area contributed by atoms with Gasteiger partial charge in [-0.05, 0) is 34.9 Å². The Balaban J connectivity index is 2.19. The number of carbonyl (C=O) groups is 2. The number of hydrogen-bond acceptors (Lipinski definition) is 3. The van der Waals surface area contributed by atoms with Crippen LogP contribution in [0.3, 0.4) is 0 Å². The molecule has 0 saturated carbocycles. The maximum atomic E-state index is 11.6. The Morgan fingerprint density at radius 2 is 1.78 bits per heavy atom. The number of amides is 2. The van der Waals surface area contributed by atoms with Gasteiger partial charge in [-0.2, -0.15) is 0 Å². The summed E-state index contributed by atoms with van der Waals surface area (Å²) in [4.78, 5) is 24.7. The summed E-state index contributed by atoms with van der Waals surface area (Å²) in [6.07, 6.45) is 0. The molecule has 3 N–H and O–H groups in total. The second kappa shape index (κ2) is 7.56. The monoisotopic (exact) mass is 311 g/mol. The van der Waals surface area contributed by atoms with Gasteiger partial charge < -0.3 is 16.0 Å². The molecule has 0 spiro atoms. The number of hydrogen-bond donors (Lipinski definition) is 2. The number of nitrogens with two attached hydrogens (primary N) is 1. The van der Waals surface area contributed by atoms with Crippen molar-refractivity contribution in [3.63, 3.8) is 0 Å². The Labute approximate surface area is 136 Å². The Morgan fingerprint density at radius 3 is 2.39 bits per heavy atom. The zero-order chi connectivity index (χ0) is 16.8. The lowest BCUT2D eigenvalue weighted by Gasteiger charge is -2.16. The van der Waals surface area contributed by atoms with E-state index < -0.39 is 0 Å². The van der Waals surface area contributed by atoms with E-state index in [9.17, 15) is 9.59 Å². The number of carbonyl (C=O) groups excluding carboxylic acids is 2. The van der Waals surface area contributed by atoms with Crippen molar-refractivity contribution >= 4 is 11.8 Å². The summed E-state index contributed by atoms with van der Waals surface area (Å²) in [7, 11) is 3.35. The Morgan fingerprint density at radius 1 is 1.09 bits per heavy atom. The number of rotatable bonds is 5. The number of nitrogens with zero attached hydrogens (tertiary/aromatic N) is 1. The number of likely N-dealkylation sites (N-methyl/N-ethyl adjacent to an activating group) is 1. The van der Waals surface area contributed by atoms with Gasteiger partial charge >= 0.3 is 0 Å². The third-order valence-corrected chi connectivity index (χ3v) is 3.65. The van der Waals surface area contributed by atoms with Gasteiger partial charge in [0.05, 0.1) is 6.54 Å². The van der Waals surface area contributed by atoms with Gasteiger partial charge in [0, 0.05) is 26.2 Å². The van der Waals surface area contributed by atoms with E-state index in [1.807, 2.05) is 36.4 Å². The molecule has 0 aliphatic heterocycles. The van der Waals surface area contributed by atoms with Crippen LogP contribution in [0, 0.1) is 0 Å². The van der Waals surface area contributed by atoms with Crippen molar-refractivity contribution < 1.29 is 9.59 Å². The van der Waals surface area contributed by atoms with Crippen molar-refractivity contribution in [2.75, 3.05) is 20.6 Å². The maximum absolute atomic E-state index is 11.6. The number of nitrogens with one attached hydrogen (secondary N) is 1. The topological polar surface area (TPSA) is 75.4 Å². The molecule has 0 saturated heterocycles. The molecule has 2 aromatic rings. The predicted octanol–water partition coefficient (Wildman–Crippen LogP) is 1.63. The highest BCUT2D eigenvalue weighted by molar-refractivity contribution is 5.94. The lowest BCUT2D eigenvalue weighted by molar-refractivity contribution is -0.128. The number of benzene rings is 2. The van der Waals surface area contributed by atoms with E-state index in [1.54, 1.807) is 31.1 Å². The van der Waals surface area contributed by atoms with Gasteiger partial charge in [0.1, 0.15) is 0 Å². The molecule has 5 heteroatoms. The van der Waals surface area contributed by atoms with Crippen molar-refractivity contribution in [3.8, 4) is 11.1 Å². The van der Waals surface area contributed by atoms with Crippen LogP contribution in [-0.4, -0.2) is 37.4 Å². The van der Waals surface area contributed by atoms with Crippen LogP contribution in [0.15, 0.2) is 48.5 Å². The molecule has 120 valence electrons. The van der Waals surface area contributed by atoms with Crippen LogP contribution in [0.25, 0.3) is 11.1 Å². The van der Waals surface area contributed by atoms with E-state index in [2.05, 4.69) is 5.32 Å². The normalized spacial score (nSPS) is 10.2. The van der Waals surface area contributed by atoms with Crippen LogP contribution >= 0.6 is 0 Å². The smallest absolute Gasteiger partial charge is 0.251 e. The standard InChI is InChI=1S/C18H21N3O2/c1-20-18(23)15-8-6-14(7-9-15)16-5-3-4-13(10-16)12-21(2)17(22)11-19/h3-10H,11-12,19H2,1-2H3,(H,20,23). The van der Waals surface area contributed by atoms with Crippen molar-refractivity contribution in [2.45, 2.75) is 6.54 Å². The summed E-state index contributed by atoms with van der Waals surface area (Å²) < 4.78 is 0. The quantitative estimate of drug-likeness (QED) is 0.881. The van der Waals surface area contributed by atoms with Crippen LogP contribution in [0.2, 0.25) is 0 Å². The highest BCUT2D eigenvalue weighted by atomic mass is 16.2. The molecule has 0 aliphatic rings. The van der Waals surface area contributed by atoms with Gasteiger partial charge in [-0.25, -0.2) is 0 Å². The molecule has 2 amide bonds. The summed E-state index contributed by atoms with van der Waals surface area (Å²) in [5.74, 6) is -0.197.